The van der Waals surface area contributed by atoms with Gasteiger partial charge in [0, 0.05) is 17.3 Å². The lowest BCUT2D eigenvalue weighted by molar-refractivity contribution is 0.102. The van der Waals surface area contributed by atoms with Crippen molar-refractivity contribution in [1.82, 2.24) is 0 Å². The van der Waals surface area contributed by atoms with Gasteiger partial charge in [0.2, 0.25) is 0 Å². The zero-order valence-electron chi connectivity index (χ0n) is 11.7. The third-order valence-electron chi connectivity index (χ3n) is 3.22. The van der Waals surface area contributed by atoms with Crippen LogP contribution in [0.15, 0.2) is 48.5 Å². The van der Waals surface area contributed by atoms with E-state index in [1.165, 1.54) is 12.1 Å². The molecule has 0 aliphatic rings. The van der Waals surface area contributed by atoms with E-state index in [2.05, 4.69) is 11.4 Å². The fourth-order valence-corrected chi connectivity index (χ4v) is 2.09. The van der Waals surface area contributed by atoms with Crippen LogP contribution in [0.5, 0.6) is 5.75 Å². The number of aromatic hydroxyl groups is 1. The summed E-state index contributed by atoms with van der Waals surface area (Å²) in [4.78, 5) is 12.2. The molecule has 4 heteroatoms. The number of hydrogen-bond acceptors (Lipinski definition) is 3. The SMILES string of the molecule is CCC(C#N)c1cccc(C(=O)Nc2cccc(O)c2)c1. The summed E-state index contributed by atoms with van der Waals surface area (Å²) in [6, 6.07) is 15.7. The fourth-order valence-electron chi connectivity index (χ4n) is 2.09. The van der Waals surface area contributed by atoms with E-state index in [0.717, 1.165) is 5.56 Å². The number of phenols is 1. The molecule has 0 bridgehead atoms. The predicted octanol–water partition coefficient (Wildman–Crippen LogP) is 3.66. The highest BCUT2D eigenvalue weighted by Gasteiger charge is 2.12. The molecule has 21 heavy (non-hydrogen) atoms. The van der Waals surface area contributed by atoms with Crippen molar-refractivity contribution < 1.29 is 9.90 Å². The van der Waals surface area contributed by atoms with Gasteiger partial charge in [-0.3, -0.25) is 4.79 Å². The van der Waals surface area contributed by atoms with E-state index < -0.39 is 0 Å². The standard InChI is InChI=1S/C17H16N2O2/c1-2-12(11-18)13-5-3-6-14(9-13)17(21)19-15-7-4-8-16(20)10-15/h3-10,12,20H,2H2,1H3,(H,19,21). The summed E-state index contributed by atoms with van der Waals surface area (Å²) in [6.45, 7) is 1.94. The number of nitrogens with one attached hydrogen (secondary N) is 1. The summed E-state index contributed by atoms with van der Waals surface area (Å²) in [7, 11) is 0. The summed E-state index contributed by atoms with van der Waals surface area (Å²) in [6.07, 6.45) is 0.703. The van der Waals surface area contributed by atoms with Crippen molar-refractivity contribution in [3.63, 3.8) is 0 Å². The molecule has 0 heterocycles. The van der Waals surface area contributed by atoms with Crippen molar-refractivity contribution in [2.75, 3.05) is 5.32 Å². The van der Waals surface area contributed by atoms with Crippen molar-refractivity contribution in [2.24, 2.45) is 0 Å². The lowest BCUT2D eigenvalue weighted by atomic mass is 9.96. The topological polar surface area (TPSA) is 73.1 Å². The van der Waals surface area contributed by atoms with Gasteiger partial charge in [-0.25, -0.2) is 0 Å². The van der Waals surface area contributed by atoms with Gasteiger partial charge in [-0.1, -0.05) is 25.1 Å². The Morgan fingerprint density at radius 1 is 1.29 bits per heavy atom. The number of carbonyl (C=O) groups is 1. The molecule has 2 N–H and O–H groups in total. The third-order valence-corrected chi connectivity index (χ3v) is 3.22. The molecule has 2 aromatic rings. The Morgan fingerprint density at radius 3 is 2.71 bits per heavy atom. The molecule has 1 atom stereocenters. The number of anilines is 1. The maximum Gasteiger partial charge on any atom is 0.255 e. The minimum Gasteiger partial charge on any atom is -0.508 e. The highest BCUT2D eigenvalue weighted by molar-refractivity contribution is 6.04. The Kier molecular flexibility index (Phi) is 4.57. The van der Waals surface area contributed by atoms with Crippen LogP contribution >= 0.6 is 0 Å². The number of rotatable bonds is 4. The zero-order chi connectivity index (χ0) is 15.2. The first-order valence-corrected chi connectivity index (χ1v) is 6.74. The molecule has 2 rings (SSSR count). The Hall–Kier alpha value is -2.80. The Labute approximate surface area is 123 Å². The molecule has 0 saturated carbocycles. The van der Waals surface area contributed by atoms with Gasteiger partial charge in [0.25, 0.3) is 5.91 Å². The number of benzene rings is 2. The van der Waals surface area contributed by atoms with Gasteiger partial charge < -0.3 is 10.4 Å². The van der Waals surface area contributed by atoms with Crippen LogP contribution in [0.25, 0.3) is 0 Å². The van der Waals surface area contributed by atoms with Crippen LogP contribution < -0.4 is 5.32 Å². The molecule has 2 aromatic carbocycles. The van der Waals surface area contributed by atoms with Crippen molar-refractivity contribution in [3.8, 4) is 11.8 Å². The van der Waals surface area contributed by atoms with Gasteiger partial charge in [0.05, 0.1) is 12.0 Å². The molecule has 0 fully saturated rings. The Bertz CT molecular complexity index is 689. The molecular weight excluding hydrogens is 264 g/mol. The highest BCUT2D eigenvalue weighted by Crippen LogP contribution is 2.21. The van der Waals surface area contributed by atoms with Crippen molar-refractivity contribution in [3.05, 3.63) is 59.7 Å². The summed E-state index contributed by atoms with van der Waals surface area (Å²) in [5.74, 6) is -0.383. The molecule has 0 aliphatic heterocycles. The van der Waals surface area contributed by atoms with Crippen LogP contribution in [0.1, 0.15) is 35.2 Å². The second-order valence-corrected chi connectivity index (χ2v) is 4.72. The maximum absolute atomic E-state index is 12.2. The van der Waals surface area contributed by atoms with Crippen molar-refractivity contribution in [2.45, 2.75) is 19.3 Å². The van der Waals surface area contributed by atoms with E-state index in [9.17, 15) is 9.90 Å². The van der Waals surface area contributed by atoms with Gasteiger partial charge in [0.15, 0.2) is 0 Å². The zero-order valence-corrected chi connectivity index (χ0v) is 11.7. The average Bonchev–Trinajstić information content (AvgIpc) is 2.49. The van der Waals surface area contributed by atoms with Crippen LogP contribution in [0.2, 0.25) is 0 Å². The van der Waals surface area contributed by atoms with E-state index in [-0.39, 0.29) is 17.6 Å². The molecule has 1 amide bonds. The van der Waals surface area contributed by atoms with Crippen LogP contribution in [0.4, 0.5) is 5.69 Å². The van der Waals surface area contributed by atoms with Gasteiger partial charge in [-0.15, -0.1) is 0 Å². The second kappa shape index (κ2) is 6.58. The Balaban J connectivity index is 2.20. The summed E-state index contributed by atoms with van der Waals surface area (Å²) < 4.78 is 0. The molecule has 106 valence electrons. The summed E-state index contributed by atoms with van der Waals surface area (Å²) in [5.41, 5.74) is 1.85. The van der Waals surface area contributed by atoms with Gasteiger partial charge >= 0.3 is 0 Å². The Morgan fingerprint density at radius 2 is 2.05 bits per heavy atom. The van der Waals surface area contributed by atoms with E-state index in [1.807, 2.05) is 13.0 Å². The number of nitriles is 1. The molecule has 0 spiro atoms. The van der Waals surface area contributed by atoms with E-state index >= 15 is 0 Å². The van der Waals surface area contributed by atoms with Crippen LogP contribution in [0, 0.1) is 11.3 Å². The second-order valence-electron chi connectivity index (χ2n) is 4.72. The molecule has 0 aliphatic carbocycles. The van der Waals surface area contributed by atoms with Gasteiger partial charge in [-0.05, 0) is 36.2 Å². The number of hydrogen-bond donors (Lipinski definition) is 2. The number of phenolic OH excluding ortho intramolecular Hbond substituents is 1. The summed E-state index contributed by atoms with van der Waals surface area (Å²) in [5, 5.41) is 21.2. The number of amides is 1. The van der Waals surface area contributed by atoms with E-state index in [0.29, 0.717) is 17.7 Å². The van der Waals surface area contributed by atoms with Gasteiger partial charge in [-0.2, -0.15) is 5.26 Å². The van der Waals surface area contributed by atoms with E-state index in [1.54, 1.807) is 30.3 Å². The molecule has 4 nitrogen and oxygen atoms in total. The minimum atomic E-state index is -0.268. The smallest absolute Gasteiger partial charge is 0.255 e. The van der Waals surface area contributed by atoms with Gasteiger partial charge in [0.1, 0.15) is 5.75 Å². The van der Waals surface area contributed by atoms with Crippen LogP contribution in [-0.2, 0) is 0 Å². The third kappa shape index (κ3) is 3.61. The monoisotopic (exact) mass is 280 g/mol. The largest absolute Gasteiger partial charge is 0.508 e. The highest BCUT2D eigenvalue weighted by atomic mass is 16.3. The van der Waals surface area contributed by atoms with Crippen LogP contribution in [-0.4, -0.2) is 11.0 Å². The van der Waals surface area contributed by atoms with E-state index in [4.69, 9.17) is 5.26 Å². The molecular formula is C17H16N2O2. The average molecular weight is 280 g/mol. The van der Waals surface area contributed by atoms with Crippen LogP contribution in [0.3, 0.4) is 0 Å². The molecule has 0 aromatic heterocycles. The number of carbonyl (C=O) groups excluding carboxylic acids is 1. The lowest BCUT2D eigenvalue weighted by Crippen LogP contribution is -2.12. The van der Waals surface area contributed by atoms with Crippen molar-refractivity contribution in [1.29, 1.82) is 5.26 Å². The normalized spacial score (nSPS) is 11.4. The van der Waals surface area contributed by atoms with Crippen molar-refractivity contribution >= 4 is 11.6 Å². The maximum atomic E-state index is 12.2. The first kappa shape index (κ1) is 14.6. The number of nitrogens with zero attached hydrogens (tertiary/aromatic N) is 1. The summed E-state index contributed by atoms with van der Waals surface area (Å²) >= 11 is 0. The fraction of sp³-hybridized carbons (Fsp3) is 0.176. The molecule has 0 saturated heterocycles. The first-order valence-electron chi connectivity index (χ1n) is 6.74. The quantitative estimate of drug-likeness (QED) is 0.897. The molecule has 0 radical (unpaired) electrons. The lowest BCUT2D eigenvalue weighted by Gasteiger charge is -2.09. The minimum absolute atomic E-state index is 0.0945. The first-order chi connectivity index (χ1) is 10.1. The predicted molar refractivity (Wildman–Crippen MR) is 81.1 cm³/mol. The molecule has 1 unspecified atom stereocenters.